The maximum absolute atomic E-state index is 13.2. The van der Waals surface area contributed by atoms with Crippen molar-refractivity contribution >= 4 is 10.0 Å². The summed E-state index contributed by atoms with van der Waals surface area (Å²) in [6.45, 7) is 4.81. The van der Waals surface area contributed by atoms with Crippen LogP contribution >= 0.6 is 0 Å². The van der Waals surface area contributed by atoms with Crippen LogP contribution in [0.5, 0.6) is 0 Å². The third-order valence-electron chi connectivity index (χ3n) is 3.80. The summed E-state index contributed by atoms with van der Waals surface area (Å²) in [4.78, 5) is 0. The molecule has 2 aromatic rings. The fraction of sp³-hybridized carbons (Fsp3) is 0.353. The predicted molar refractivity (Wildman–Crippen MR) is 90.5 cm³/mol. The Morgan fingerprint density at radius 2 is 1.96 bits per heavy atom. The minimum absolute atomic E-state index is 0.231. The van der Waals surface area contributed by atoms with Crippen molar-refractivity contribution in [3.05, 3.63) is 59.0 Å². The van der Waals surface area contributed by atoms with Crippen molar-refractivity contribution in [3.8, 4) is 5.69 Å². The zero-order valence-electron chi connectivity index (χ0n) is 13.7. The summed E-state index contributed by atoms with van der Waals surface area (Å²) in [5, 5.41) is 5.77. The predicted octanol–water partition coefficient (Wildman–Crippen LogP) is 2.87. The minimum Gasteiger partial charge on any atom is -0.237 e. The SMILES string of the molecule is CC(C)Cc1cc(CN2CC=CS2(=O)=O)nn1-c1ccc(F)cc1. The first-order valence-corrected chi connectivity index (χ1v) is 9.36. The smallest absolute Gasteiger partial charge is 0.236 e. The largest absolute Gasteiger partial charge is 0.237 e. The van der Waals surface area contributed by atoms with Gasteiger partial charge in [0.1, 0.15) is 5.82 Å². The third kappa shape index (κ3) is 3.57. The number of aromatic nitrogens is 2. The highest BCUT2D eigenvalue weighted by Gasteiger charge is 2.24. The van der Waals surface area contributed by atoms with Crippen molar-refractivity contribution in [2.45, 2.75) is 26.8 Å². The van der Waals surface area contributed by atoms with Crippen molar-refractivity contribution in [1.29, 1.82) is 0 Å². The van der Waals surface area contributed by atoms with Crippen LogP contribution in [0.3, 0.4) is 0 Å². The molecule has 128 valence electrons. The molecule has 2 heterocycles. The molecule has 24 heavy (non-hydrogen) atoms. The van der Waals surface area contributed by atoms with Crippen LogP contribution in [-0.2, 0) is 23.0 Å². The van der Waals surface area contributed by atoms with E-state index in [0.717, 1.165) is 17.8 Å². The second kappa shape index (κ2) is 6.49. The van der Waals surface area contributed by atoms with E-state index in [1.54, 1.807) is 22.9 Å². The normalized spacial score (nSPS) is 17.0. The van der Waals surface area contributed by atoms with Gasteiger partial charge in [-0.3, -0.25) is 0 Å². The molecule has 7 heteroatoms. The number of hydrogen-bond acceptors (Lipinski definition) is 3. The summed E-state index contributed by atoms with van der Waals surface area (Å²) in [7, 11) is -3.33. The topological polar surface area (TPSA) is 55.2 Å². The van der Waals surface area contributed by atoms with Gasteiger partial charge in [-0.1, -0.05) is 19.9 Å². The molecule has 0 saturated carbocycles. The fourth-order valence-electron chi connectivity index (χ4n) is 2.73. The van der Waals surface area contributed by atoms with Gasteiger partial charge in [0, 0.05) is 17.6 Å². The molecule has 0 unspecified atom stereocenters. The lowest BCUT2D eigenvalue weighted by Gasteiger charge is -2.12. The molecule has 0 atom stereocenters. The summed E-state index contributed by atoms with van der Waals surface area (Å²) in [5.41, 5.74) is 2.43. The second-order valence-corrected chi connectivity index (χ2v) is 8.14. The van der Waals surface area contributed by atoms with E-state index in [1.165, 1.54) is 21.8 Å². The van der Waals surface area contributed by atoms with Gasteiger partial charge in [-0.05, 0) is 42.7 Å². The van der Waals surface area contributed by atoms with E-state index >= 15 is 0 Å². The molecule has 0 fully saturated rings. The van der Waals surface area contributed by atoms with Gasteiger partial charge in [0.25, 0.3) is 0 Å². The van der Waals surface area contributed by atoms with Crippen molar-refractivity contribution in [1.82, 2.24) is 14.1 Å². The van der Waals surface area contributed by atoms with Crippen LogP contribution < -0.4 is 0 Å². The van der Waals surface area contributed by atoms with Crippen LogP contribution in [0.2, 0.25) is 0 Å². The molecule has 1 aliphatic rings. The number of nitrogens with zero attached hydrogens (tertiary/aromatic N) is 3. The van der Waals surface area contributed by atoms with Crippen LogP contribution in [0.1, 0.15) is 25.2 Å². The molecule has 1 aromatic heterocycles. The Bertz CT molecular complexity index is 854. The van der Waals surface area contributed by atoms with Gasteiger partial charge in [0.2, 0.25) is 10.0 Å². The van der Waals surface area contributed by atoms with E-state index in [0.29, 0.717) is 18.2 Å². The highest BCUT2D eigenvalue weighted by atomic mass is 32.2. The maximum atomic E-state index is 13.2. The van der Waals surface area contributed by atoms with Crippen LogP contribution in [0, 0.1) is 11.7 Å². The van der Waals surface area contributed by atoms with E-state index in [1.807, 2.05) is 6.07 Å². The lowest BCUT2D eigenvalue weighted by Crippen LogP contribution is -2.25. The minimum atomic E-state index is -3.33. The van der Waals surface area contributed by atoms with Crippen molar-refractivity contribution in [2.75, 3.05) is 6.54 Å². The molecule has 0 aliphatic carbocycles. The second-order valence-electron chi connectivity index (χ2n) is 6.32. The quantitative estimate of drug-likeness (QED) is 0.834. The molecular weight excluding hydrogens is 329 g/mol. The Morgan fingerprint density at radius 1 is 1.25 bits per heavy atom. The Morgan fingerprint density at radius 3 is 2.54 bits per heavy atom. The van der Waals surface area contributed by atoms with Gasteiger partial charge in [0.15, 0.2) is 0 Å². The van der Waals surface area contributed by atoms with Crippen LogP contribution in [0.4, 0.5) is 4.39 Å². The summed E-state index contributed by atoms with van der Waals surface area (Å²) in [6, 6.07) is 8.06. The molecule has 0 N–H and O–H groups in total. The molecule has 1 aliphatic heterocycles. The number of benzene rings is 1. The number of hydrogen-bond donors (Lipinski definition) is 0. The molecule has 3 rings (SSSR count). The first-order valence-electron chi connectivity index (χ1n) is 7.85. The third-order valence-corrected chi connectivity index (χ3v) is 5.33. The monoisotopic (exact) mass is 349 g/mol. The first-order chi connectivity index (χ1) is 11.3. The lowest BCUT2D eigenvalue weighted by atomic mass is 10.1. The first kappa shape index (κ1) is 16.9. The summed E-state index contributed by atoms with van der Waals surface area (Å²) in [6.07, 6.45) is 2.43. The van der Waals surface area contributed by atoms with E-state index in [4.69, 9.17) is 0 Å². The van der Waals surface area contributed by atoms with E-state index in [9.17, 15) is 12.8 Å². The molecule has 0 bridgehead atoms. The Balaban J connectivity index is 1.93. The maximum Gasteiger partial charge on any atom is 0.236 e. The average molecular weight is 349 g/mol. The molecule has 1 aromatic carbocycles. The molecule has 0 saturated heterocycles. The van der Waals surface area contributed by atoms with Crippen molar-refractivity contribution in [3.63, 3.8) is 0 Å². The highest BCUT2D eigenvalue weighted by Crippen LogP contribution is 2.20. The summed E-state index contributed by atoms with van der Waals surface area (Å²) < 4.78 is 40.1. The highest BCUT2D eigenvalue weighted by molar-refractivity contribution is 7.92. The zero-order valence-corrected chi connectivity index (χ0v) is 14.5. The molecule has 0 spiro atoms. The van der Waals surface area contributed by atoms with Crippen LogP contribution in [-0.4, -0.2) is 29.0 Å². The van der Waals surface area contributed by atoms with E-state index in [2.05, 4.69) is 18.9 Å². The van der Waals surface area contributed by atoms with E-state index in [-0.39, 0.29) is 12.4 Å². The van der Waals surface area contributed by atoms with E-state index < -0.39 is 10.0 Å². The Hall–Kier alpha value is -1.99. The molecule has 0 amide bonds. The average Bonchev–Trinajstić information content (AvgIpc) is 3.03. The Kier molecular flexibility index (Phi) is 4.56. The molecule has 0 radical (unpaired) electrons. The molecule has 5 nitrogen and oxygen atoms in total. The van der Waals surface area contributed by atoms with Crippen molar-refractivity contribution < 1.29 is 12.8 Å². The standard InChI is InChI=1S/C17H20FN3O2S/c1-13(2)10-17-11-15(12-20-8-3-9-24(20,22)23)19-21(17)16-6-4-14(18)5-7-16/h3-7,9,11,13H,8,10,12H2,1-2H3. The van der Waals surface area contributed by atoms with Gasteiger partial charge in [0.05, 0.1) is 17.9 Å². The number of sulfonamides is 1. The fourth-order valence-corrected chi connectivity index (χ4v) is 3.84. The van der Waals surface area contributed by atoms with Gasteiger partial charge < -0.3 is 0 Å². The van der Waals surface area contributed by atoms with Crippen molar-refractivity contribution in [2.24, 2.45) is 5.92 Å². The van der Waals surface area contributed by atoms with Crippen LogP contribution in [0.15, 0.2) is 41.8 Å². The number of halogens is 1. The van der Waals surface area contributed by atoms with Gasteiger partial charge in [-0.15, -0.1) is 0 Å². The van der Waals surface area contributed by atoms with Gasteiger partial charge in [-0.2, -0.15) is 9.40 Å². The van der Waals surface area contributed by atoms with Crippen LogP contribution in [0.25, 0.3) is 5.69 Å². The Labute approximate surface area is 141 Å². The summed E-state index contributed by atoms with van der Waals surface area (Å²) >= 11 is 0. The zero-order chi connectivity index (χ0) is 17.3. The molecular formula is C17H20FN3O2S. The van der Waals surface area contributed by atoms with Gasteiger partial charge in [-0.25, -0.2) is 17.5 Å². The lowest BCUT2D eigenvalue weighted by molar-refractivity contribution is 0.448. The number of rotatable bonds is 5. The van der Waals surface area contributed by atoms with Gasteiger partial charge >= 0.3 is 0 Å². The summed E-state index contributed by atoms with van der Waals surface area (Å²) in [5.74, 6) is 0.122.